The number of rotatable bonds is 3. The molecule has 0 aliphatic heterocycles. The predicted octanol–water partition coefficient (Wildman–Crippen LogP) is 2.64. The standard InChI is InChI=1S/C12H16Cl2N4O/c1-7(19)16-9-4-2-3-5-10(9)17-11-8(13)6-15-12(14)18-11/h6,9-10H,2-5H2,1H3,(H,16,19)(H,15,17,18)/t9-,10-/m1/s1. The van der Waals surface area contributed by atoms with Crippen molar-refractivity contribution in [3.05, 3.63) is 16.5 Å². The van der Waals surface area contributed by atoms with E-state index in [1.165, 1.54) is 13.1 Å². The number of nitrogens with zero attached hydrogens (tertiary/aromatic N) is 2. The van der Waals surface area contributed by atoms with Crippen molar-refractivity contribution in [2.75, 3.05) is 5.32 Å². The summed E-state index contributed by atoms with van der Waals surface area (Å²) in [7, 11) is 0. The van der Waals surface area contributed by atoms with Crippen LogP contribution in [0.3, 0.4) is 0 Å². The van der Waals surface area contributed by atoms with Gasteiger partial charge in [0.25, 0.3) is 0 Å². The minimum Gasteiger partial charge on any atom is -0.364 e. The van der Waals surface area contributed by atoms with Gasteiger partial charge in [0.05, 0.1) is 6.20 Å². The quantitative estimate of drug-likeness (QED) is 0.842. The number of anilines is 1. The van der Waals surface area contributed by atoms with E-state index in [2.05, 4.69) is 20.6 Å². The molecule has 104 valence electrons. The van der Waals surface area contributed by atoms with Gasteiger partial charge in [-0.3, -0.25) is 4.79 Å². The fourth-order valence-corrected chi connectivity index (χ4v) is 2.64. The first-order valence-electron chi connectivity index (χ1n) is 6.28. The van der Waals surface area contributed by atoms with Crippen LogP contribution in [0.5, 0.6) is 0 Å². The highest BCUT2D eigenvalue weighted by atomic mass is 35.5. The summed E-state index contributed by atoms with van der Waals surface area (Å²) in [6, 6.07) is 0.206. The molecule has 19 heavy (non-hydrogen) atoms. The Labute approximate surface area is 122 Å². The number of aromatic nitrogens is 2. The minimum atomic E-state index is -0.0227. The van der Waals surface area contributed by atoms with Crippen molar-refractivity contribution in [2.45, 2.75) is 44.7 Å². The molecule has 1 aliphatic carbocycles. The normalized spacial score (nSPS) is 22.9. The molecular weight excluding hydrogens is 287 g/mol. The van der Waals surface area contributed by atoms with Crippen molar-refractivity contribution in [3.63, 3.8) is 0 Å². The summed E-state index contributed by atoms with van der Waals surface area (Å²) in [5, 5.41) is 6.81. The van der Waals surface area contributed by atoms with E-state index in [4.69, 9.17) is 23.2 Å². The average molecular weight is 303 g/mol. The van der Waals surface area contributed by atoms with Gasteiger partial charge >= 0.3 is 0 Å². The zero-order chi connectivity index (χ0) is 13.8. The van der Waals surface area contributed by atoms with Gasteiger partial charge in [-0.15, -0.1) is 0 Å². The van der Waals surface area contributed by atoms with E-state index in [0.717, 1.165) is 25.7 Å². The Kier molecular flexibility index (Phi) is 4.82. The van der Waals surface area contributed by atoms with Gasteiger partial charge in [0.15, 0.2) is 0 Å². The van der Waals surface area contributed by atoms with Crippen LogP contribution in [0.1, 0.15) is 32.6 Å². The van der Waals surface area contributed by atoms with Gasteiger partial charge in [-0.05, 0) is 24.4 Å². The second kappa shape index (κ2) is 6.39. The molecule has 0 bridgehead atoms. The molecular formula is C12H16Cl2N4O. The maximum absolute atomic E-state index is 11.2. The Morgan fingerprint density at radius 1 is 1.32 bits per heavy atom. The lowest BCUT2D eigenvalue weighted by atomic mass is 9.90. The summed E-state index contributed by atoms with van der Waals surface area (Å²) in [5.41, 5.74) is 0. The van der Waals surface area contributed by atoms with Gasteiger partial charge in [-0.25, -0.2) is 4.98 Å². The van der Waals surface area contributed by atoms with E-state index in [1.807, 2.05) is 0 Å². The van der Waals surface area contributed by atoms with Gasteiger partial charge in [-0.2, -0.15) is 4.98 Å². The van der Waals surface area contributed by atoms with Crippen LogP contribution in [0.25, 0.3) is 0 Å². The number of carbonyl (C=O) groups excluding carboxylic acids is 1. The molecule has 0 spiro atoms. The molecule has 1 fully saturated rings. The summed E-state index contributed by atoms with van der Waals surface area (Å²) in [4.78, 5) is 19.1. The lowest BCUT2D eigenvalue weighted by Crippen LogP contribution is -2.48. The molecule has 0 radical (unpaired) electrons. The molecule has 0 saturated heterocycles. The highest BCUT2D eigenvalue weighted by Crippen LogP contribution is 2.25. The van der Waals surface area contributed by atoms with Gasteiger partial charge in [0.2, 0.25) is 11.2 Å². The molecule has 1 aliphatic rings. The van der Waals surface area contributed by atoms with E-state index in [1.54, 1.807) is 0 Å². The Morgan fingerprint density at radius 2 is 2.00 bits per heavy atom. The molecule has 1 amide bonds. The Morgan fingerprint density at radius 3 is 2.68 bits per heavy atom. The molecule has 7 heteroatoms. The zero-order valence-electron chi connectivity index (χ0n) is 10.6. The maximum Gasteiger partial charge on any atom is 0.224 e. The number of carbonyl (C=O) groups is 1. The maximum atomic E-state index is 11.2. The van der Waals surface area contributed by atoms with Crippen molar-refractivity contribution in [1.29, 1.82) is 0 Å². The van der Waals surface area contributed by atoms with E-state index in [0.29, 0.717) is 10.8 Å². The topological polar surface area (TPSA) is 66.9 Å². The van der Waals surface area contributed by atoms with Crippen LogP contribution in [-0.2, 0) is 4.79 Å². The summed E-state index contributed by atoms with van der Waals surface area (Å²) < 4.78 is 0. The number of amides is 1. The smallest absolute Gasteiger partial charge is 0.224 e. The summed E-state index contributed by atoms with van der Waals surface area (Å²) in [6.45, 7) is 1.53. The van der Waals surface area contributed by atoms with Gasteiger partial charge in [0, 0.05) is 19.0 Å². The number of hydrogen-bond donors (Lipinski definition) is 2. The first kappa shape index (κ1) is 14.3. The third-order valence-electron chi connectivity index (χ3n) is 3.19. The van der Waals surface area contributed by atoms with Crippen LogP contribution in [0.4, 0.5) is 5.82 Å². The molecule has 2 atom stereocenters. The first-order valence-corrected chi connectivity index (χ1v) is 7.03. The largest absolute Gasteiger partial charge is 0.364 e. The monoisotopic (exact) mass is 302 g/mol. The Balaban J connectivity index is 2.10. The predicted molar refractivity (Wildman–Crippen MR) is 75.5 cm³/mol. The lowest BCUT2D eigenvalue weighted by molar-refractivity contribution is -0.119. The van der Waals surface area contributed by atoms with E-state index < -0.39 is 0 Å². The molecule has 1 heterocycles. The van der Waals surface area contributed by atoms with Gasteiger partial charge in [-0.1, -0.05) is 24.4 Å². The summed E-state index contributed by atoms with van der Waals surface area (Å²) in [5.74, 6) is 0.495. The zero-order valence-corrected chi connectivity index (χ0v) is 12.1. The number of hydrogen-bond acceptors (Lipinski definition) is 4. The van der Waals surface area contributed by atoms with Crippen LogP contribution < -0.4 is 10.6 Å². The van der Waals surface area contributed by atoms with Crippen LogP contribution >= 0.6 is 23.2 Å². The molecule has 1 saturated carbocycles. The van der Waals surface area contributed by atoms with Gasteiger partial charge in [0.1, 0.15) is 10.8 Å². The fourth-order valence-electron chi connectivity index (χ4n) is 2.36. The second-order valence-corrected chi connectivity index (χ2v) is 5.42. The third-order valence-corrected chi connectivity index (χ3v) is 3.65. The molecule has 2 rings (SSSR count). The Hall–Kier alpha value is -1.07. The molecule has 1 aromatic heterocycles. The summed E-state index contributed by atoms with van der Waals surface area (Å²) in [6.07, 6.45) is 5.61. The van der Waals surface area contributed by atoms with E-state index >= 15 is 0 Å². The molecule has 2 N–H and O–H groups in total. The second-order valence-electron chi connectivity index (χ2n) is 4.68. The Bertz CT molecular complexity index is 469. The van der Waals surface area contributed by atoms with Crippen molar-refractivity contribution < 1.29 is 4.79 Å². The molecule has 1 aromatic rings. The van der Waals surface area contributed by atoms with Crippen LogP contribution in [-0.4, -0.2) is 28.0 Å². The first-order chi connectivity index (χ1) is 9.06. The third kappa shape index (κ3) is 3.94. The molecule has 0 unspecified atom stereocenters. The lowest BCUT2D eigenvalue weighted by Gasteiger charge is -2.33. The SMILES string of the molecule is CC(=O)N[C@@H]1CCCC[C@H]1Nc1nc(Cl)ncc1Cl. The van der Waals surface area contributed by atoms with Crippen molar-refractivity contribution >= 4 is 34.9 Å². The number of halogens is 2. The number of nitrogens with one attached hydrogen (secondary N) is 2. The highest BCUT2D eigenvalue weighted by Gasteiger charge is 2.26. The molecule has 0 aromatic carbocycles. The van der Waals surface area contributed by atoms with Crippen molar-refractivity contribution in [1.82, 2.24) is 15.3 Å². The van der Waals surface area contributed by atoms with Crippen LogP contribution in [0, 0.1) is 0 Å². The van der Waals surface area contributed by atoms with Gasteiger partial charge < -0.3 is 10.6 Å². The van der Waals surface area contributed by atoms with Crippen LogP contribution in [0.2, 0.25) is 10.3 Å². The highest BCUT2D eigenvalue weighted by molar-refractivity contribution is 6.33. The minimum absolute atomic E-state index is 0.0227. The van der Waals surface area contributed by atoms with Crippen LogP contribution in [0.15, 0.2) is 6.20 Å². The summed E-state index contributed by atoms with van der Waals surface area (Å²) >= 11 is 11.8. The van der Waals surface area contributed by atoms with Crippen molar-refractivity contribution in [2.24, 2.45) is 0 Å². The van der Waals surface area contributed by atoms with E-state index in [-0.39, 0.29) is 23.3 Å². The average Bonchev–Trinajstić information content (AvgIpc) is 2.35. The fraction of sp³-hybridized carbons (Fsp3) is 0.583. The van der Waals surface area contributed by atoms with Crippen molar-refractivity contribution in [3.8, 4) is 0 Å². The molecule has 5 nitrogen and oxygen atoms in total. The van der Waals surface area contributed by atoms with E-state index in [9.17, 15) is 4.79 Å².